The van der Waals surface area contributed by atoms with Gasteiger partial charge in [0.05, 0.1) is 11.3 Å². The van der Waals surface area contributed by atoms with Crippen molar-refractivity contribution in [2.24, 2.45) is 5.92 Å². The van der Waals surface area contributed by atoms with E-state index >= 15 is 0 Å². The molecule has 0 bridgehead atoms. The van der Waals surface area contributed by atoms with E-state index in [-0.39, 0.29) is 0 Å². The second kappa shape index (κ2) is 7.59. The summed E-state index contributed by atoms with van der Waals surface area (Å²) in [5.41, 5.74) is -0.0631. The minimum Gasteiger partial charge on any atom is -0.315 e. The van der Waals surface area contributed by atoms with Crippen LogP contribution in [0.25, 0.3) is 0 Å². The van der Waals surface area contributed by atoms with E-state index in [1.54, 1.807) is 0 Å². The molecule has 1 heterocycles. The molecule has 6 heteroatoms. The number of nitrogens with one attached hydrogen (secondary N) is 1. The van der Waals surface area contributed by atoms with Crippen molar-refractivity contribution in [2.45, 2.75) is 26.6 Å². The predicted molar refractivity (Wildman–Crippen MR) is 73.3 cm³/mol. The van der Waals surface area contributed by atoms with Gasteiger partial charge in [-0.15, -0.1) is 0 Å². The van der Waals surface area contributed by atoms with Crippen molar-refractivity contribution in [2.75, 3.05) is 26.7 Å². The van der Waals surface area contributed by atoms with Gasteiger partial charge in [0.2, 0.25) is 0 Å². The Bertz CT molecular complexity index is 388. The molecule has 0 atom stereocenters. The third-order valence-corrected chi connectivity index (χ3v) is 2.81. The Labute approximate surface area is 118 Å². The molecule has 0 unspecified atom stereocenters. The van der Waals surface area contributed by atoms with Gasteiger partial charge in [-0.1, -0.05) is 13.8 Å². The first kappa shape index (κ1) is 16.9. The van der Waals surface area contributed by atoms with Crippen LogP contribution in [0.1, 0.15) is 25.1 Å². The third-order valence-electron chi connectivity index (χ3n) is 2.81. The average Bonchev–Trinajstić information content (AvgIpc) is 2.34. The fourth-order valence-electron chi connectivity index (χ4n) is 1.70. The van der Waals surface area contributed by atoms with E-state index in [2.05, 4.69) is 24.1 Å². The van der Waals surface area contributed by atoms with Crippen LogP contribution in [0.5, 0.6) is 0 Å². The zero-order valence-corrected chi connectivity index (χ0v) is 12.2. The smallest absolute Gasteiger partial charge is 0.315 e. The van der Waals surface area contributed by atoms with E-state index in [0.29, 0.717) is 18.2 Å². The number of rotatable bonds is 7. The highest BCUT2D eigenvalue weighted by Crippen LogP contribution is 2.28. The molecule has 0 saturated carbocycles. The summed E-state index contributed by atoms with van der Waals surface area (Å²) in [6, 6.07) is 2.51. The minimum atomic E-state index is -4.32. The van der Waals surface area contributed by atoms with Crippen LogP contribution < -0.4 is 5.32 Å². The highest BCUT2D eigenvalue weighted by Gasteiger charge is 2.30. The topological polar surface area (TPSA) is 28.2 Å². The number of nitrogens with zero attached hydrogens (tertiary/aromatic N) is 2. The van der Waals surface area contributed by atoms with Crippen LogP contribution in [-0.4, -0.2) is 36.6 Å². The Morgan fingerprint density at radius 2 is 2.00 bits per heavy atom. The first-order valence-electron chi connectivity index (χ1n) is 6.70. The van der Waals surface area contributed by atoms with Crippen molar-refractivity contribution >= 4 is 0 Å². The molecule has 0 aliphatic rings. The molecule has 20 heavy (non-hydrogen) atoms. The largest absolute Gasteiger partial charge is 0.417 e. The quantitative estimate of drug-likeness (QED) is 0.782. The van der Waals surface area contributed by atoms with Crippen molar-refractivity contribution in [1.29, 1.82) is 0 Å². The molecule has 1 aromatic heterocycles. The number of hydrogen-bond acceptors (Lipinski definition) is 3. The summed E-state index contributed by atoms with van der Waals surface area (Å²) in [7, 11) is 1.93. The van der Waals surface area contributed by atoms with Crippen LogP contribution in [0, 0.1) is 5.92 Å². The van der Waals surface area contributed by atoms with Crippen molar-refractivity contribution in [3.05, 3.63) is 29.6 Å². The number of pyridine rings is 1. The lowest BCUT2D eigenvalue weighted by Crippen LogP contribution is -2.31. The molecule has 0 saturated heterocycles. The minimum absolute atomic E-state index is 0.543. The molecule has 114 valence electrons. The van der Waals surface area contributed by atoms with E-state index in [0.717, 1.165) is 31.9 Å². The number of alkyl halides is 3. The molecule has 0 fully saturated rings. The number of likely N-dealkylation sites (N-methyl/N-ethyl adjacent to an activating group) is 1. The van der Waals surface area contributed by atoms with Gasteiger partial charge in [0.1, 0.15) is 0 Å². The van der Waals surface area contributed by atoms with Crippen molar-refractivity contribution < 1.29 is 13.2 Å². The van der Waals surface area contributed by atoms with Gasteiger partial charge in [-0.2, -0.15) is 13.2 Å². The first-order valence-corrected chi connectivity index (χ1v) is 6.70. The first-order chi connectivity index (χ1) is 9.29. The Morgan fingerprint density at radius 1 is 1.30 bits per heavy atom. The van der Waals surface area contributed by atoms with Gasteiger partial charge in [0.15, 0.2) is 0 Å². The van der Waals surface area contributed by atoms with Crippen LogP contribution in [0.2, 0.25) is 0 Å². The summed E-state index contributed by atoms with van der Waals surface area (Å²) in [5.74, 6) is 0.608. The number of halogens is 3. The summed E-state index contributed by atoms with van der Waals surface area (Å²) in [6.07, 6.45) is -3.43. The van der Waals surface area contributed by atoms with Gasteiger partial charge in [0, 0.05) is 25.8 Å². The van der Waals surface area contributed by atoms with Crippen LogP contribution in [-0.2, 0) is 12.7 Å². The van der Waals surface area contributed by atoms with Crippen molar-refractivity contribution in [3.63, 3.8) is 0 Å². The fraction of sp³-hybridized carbons (Fsp3) is 0.643. The lowest BCUT2D eigenvalue weighted by molar-refractivity contribution is -0.137. The molecule has 0 aliphatic heterocycles. The second-order valence-electron chi connectivity index (χ2n) is 5.37. The normalized spacial score (nSPS) is 12.4. The predicted octanol–water partition coefficient (Wildman–Crippen LogP) is 2.78. The van der Waals surface area contributed by atoms with Crippen LogP contribution in [0.3, 0.4) is 0 Å². The average molecular weight is 289 g/mol. The summed E-state index contributed by atoms with van der Waals surface area (Å²) < 4.78 is 37.2. The maximum absolute atomic E-state index is 12.4. The number of hydrogen-bond donors (Lipinski definition) is 1. The summed E-state index contributed by atoms with van der Waals surface area (Å²) >= 11 is 0. The van der Waals surface area contributed by atoms with E-state index in [9.17, 15) is 13.2 Å². The Balaban J connectivity index is 2.37. The summed E-state index contributed by atoms with van der Waals surface area (Å²) in [5, 5.41) is 3.32. The molecular weight excluding hydrogens is 267 g/mol. The van der Waals surface area contributed by atoms with Crippen LogP contribution in [0.15, 0.2) is 18.3 Å². The molecule has 0 aliphatic carbocycles. The molecular formula is C14H22F3N3. The van der Waals surface area contributed by atoms with Gasteiger partial charge < -0.3 is 5.32 Å². The molecule has 1 aromatic rings. The Kier molecular flexibility index (Phi) is 6.42. The number of aromatic nitrogens is 1. The van der Waals surface area contributed by atoms with Gasteiger partial charge >= 0.3 is 6.18 Å². The highest BCUT2D eigenvalue weighted by molar-refractivity contribution is 5.16. The second-order valence-corrected chi connectivity index (χ2v) is 5.37. The molecule has 0 radical (unpaired) electrons. The third kappa shape index (κ3) is 6.34. The van der Waals surface area contributed by atoms with Crippen LogP contribution >= 0.6 is 0 Å². The lowest BCUT2D eigenvalue weighted by Gasteiger charge is -2.17. The summed E-state index contributed by atoms with van der Waals surface area (Å²) in [6.45, 7) is 7.48. The lowest BCUT2D eigenvalue weighted by atomic mass is 10.2. The maximum atomic E-state index is 12.4. The molecule has 1 rings (SSSR count). The zero-order chi connectivity index (χ0) is 15.2. The van der Waals surface area contributed by atoms with Gasteiger partial charge in [-0.05, 0) is 31.6 Å². The Morgan fingerprint density at radius 3 is 2.50 bits per heavy atom. The molecule has 0 spiro atoms. The van der Waals surface area contributed by atoms with E-state index < -0.39 is 11.7 Å². The van der Waals surface area contributed by atoms with Gasteiger partial charge in [-0.25, -0.2) is 0 Å². The molecule has 3 nitrogen and oxygen atoms in total. The SMILES string of the molecule is CC(C)CNCCN(C)Cc1ccc(C(F)(F)F)cn1. The fourth-order valence-corrected chi connectivity index (χ4v) is 1.70. The van der Waals surface area contributed by atoms with E-state index in [1.807, 2.05) is 11.9 Å². The van der Waals surface area contributed by atoms with Gasteiger partial charge in [0.25, 0.3) is 0 Å². The Hall–Kier alpha value is -1.14. The van der Waals surface area contributed by atoms with Crippen LogP contribution in [0.4, 0.5) is 13.2 Å². The maximum Gasteiger partial charge on any atom is 0.417 e. The summed E-state index contributed by atoms with van der Waals surface area (Å²) in [4.78, 5) is 5.89. The van der Waals surface area contributed by atoms with Crippen molar-refractivity contribution in [3.8, 4) is 0 Å². The monoisotopic (exact) mass is 289 g/mol. The van der Waals surface area contributed by atoms with E-state index in [4.69, 9.17) is 0 Å². The standard InChI is InChI=1S/C14H22F3N3/c1-11(2)8-18-6-7-20(3)10-13-5-4-12(9-19-13)14(15,16)17/h4-5,9,11,18H,6-8,10H2,1-3H3. The van der Waals surface area contributed by atoms with E-state index in [1.165, 1.54) is 6.07 Å². The van der Waals surface area contributed by atoms with Crippen molar-refractivity contribution in [1.82, 2.24) is 15.2 Å². The highest BCUT2D eigenvalue weighted by atomic mass is 19.4. The van der Waals surface area contributed by atoms with Gasteiger partial charge in [-0.3, -0.25) is 9.88 Å². The zero-order valence-electron chi connectivity index (χ0n) is 12.2. The molecule has 1 N–H and O–H groups in total. The molecule has 0 aromatic carbocycles. The molecule has 0 amide bonds.